The third kappa shape index (κ3) is 2.63. The second-order valence-electron chi connectivity index (χ2n) is 4.76. The van der Waals surface area contributed by atoms with Gasteiger partial charge in [-0.3, -0.25) is 4.68 Å². The minimum atomic E-state index is -0.679. The molecule has 4 nitrogen and oxygen atoms in total. The third-order valence-corrected chi connectivity index (χ3v) is 3.46. The molecule has 3 aromatic rings. The zero-order valence-corrected chi connectivity index (χ0v) is 12.1. The summed E-state index contributed by atoms with van der Waals surface area (Å²) in [5.41, 5.74) is 0.543. The molecule has 1 atom stereocenters. The van der Waals surface area contributed by atoms with Crippen molar-refractivity contribution < 1.29 is 8.78 Å². The molecule has 0 bridgehead atoms. The first-order valence-electron chi connectivity index (χ1n) is 6.53. The summed E-state index contributed by atoms with van der Waals surface area (Å²) in [6.07, 6.45) is 3.50. The summed E-state index contributed by atoms with van der Waals surface area (Å²) in [7, 11) is 0. The summed E-state index contributed by atoms with van der Waals surface area (Å²) >= 11 is 6.11. The fourth-order valence-corrected chi connectivity index (χ4v) is 2.51. The van der Waals surface area contributed by atoms with Crippen LogP contribution in [0.5, 0.6) is 0 Å². The van der Waals surface area contributed by atoms with Crippen LogP contribution in [0.15, 0.2) is 30.6 Å². The molecule has 1 unspecified atom stereocenters. The molecular formula is C14H13ClF2N4. The number of benzene rings is 1. The van der Waals surface area contributed by atoms with Gasteiger partial charge in [0.25, 0.3) is 0 Å². The van der Waals surface area contributed by atoms with E-state index in [1.54, 1.807) is 22.4 Å². The molecule has 0 fully saturated rings. The van der Waals surface area contributed by atoms with Crippen LogP contribution in [0.4, 0.5) is 8.78 Å². The number of rotatable bonds is 4. The Balaban J connectivity index is 2.07. The fourth-order valence-electron chi connectivity index (χ4n) is 2.34. The van der Waals surface area contributed by atoms with Crippen LogP contribution in [0, 0.1) is 11.6 Å². The predicted octanol–water partition coefficient (Wildman–Crippen LogP) is 3.51. The Morgan fingerprint density at radius 2 is 2.10 bits per heavy atom. The normalized spacial score (nSPS) is 13.0. The standard InChI is InChI=1S/C14H13ClF2N4/c1-9(15)14-19-13-11(17)7-10(16)8-12(13)21(14)6-5-20-4-2-3-18-20/h2-4,7-9H,5-6H2,1H3. The average Bonchev–Trinajstić information content (AvgIpc) is 3.03. The molecule has 3 rings (SSSR count). The monoisotopic (exact) mass is 310 g/mol. The Morgan fingerprint density at radius 1 is 1.29 bits per heavy atom. The van der Waals surface area contributed by atoms with Gasteiger partial charge >= 0.3 is 0 Å². The maximum absolute atomic E-state index is 13.8. The second-order valence-corrected chi connectivity index (χ2v) is 5.42. The van der Waals surface area contributed by atoms with Crippen molar-refractivity contribution in [3.05, 3.63) is 48.1 Å². The molecular weight excluding hydrogens is 298 g/mol. The van der Waals surface area contributed by atoms with Crippen molar-refractivity contribution in [2.24, 2.45) is 0 Å². The van der Waals surface area contributed by atoms with E-state index in [1.165, 1.54) is 6.07 Å². The highest BCUT2D eigenvalue weighted by Crippen LogP contribution is 2.27. The second kappa shape index (κ2) is 5.44. The Bertz CT molecular complexity index is 765. The van der Waals surface area contributed by atoms with Crippen molar-refractivity contribution in [2.75, 3.05) is 0 Å². The van der Waals surface area contributed by atoms with E-state index in [2.05, 4.69) is 10.1 Å². The largest absolute Gasteiger partial charge is 0.325 e. The van der Waals surface area contributed by atoms with Crippen LogP contribution >= 0.6 is 11.6 Å². The van der Waals surface area contributed by atoms with Crippen molar-refractivity contribution in [1.82, 2.24) is 19.3 Å². The number of fused-ring (bicyclic) bond motifs is 1. The van der Waals surface area contributed by atoms with Gasteiger partial charge in [0.15, 0.2) is 5.82 Å². The lowest BCUT2D eigenvalue weighted by Crippen LogP contribution is -2.11. The molecule has 0 N–H and O–H groups in total. The van der Waals surface area contributed by atoms with Gasteiger partial charge < -0.3 is 4.57 Å². The van der Waals surface area contributed by atoms with Crippen LogP contribution in [0.1, 0.15) is 18.1 Å². The van der Waals surface area contributed by atoms with E-state index in [0.29, 0.717) is 24.4 Å². The van der Waals surface area contributed by atoms with Crippen molar-refractivity contribution in [3.63, 3.8) is 0 Å². The number of imidazole rings is 1. The summed E-state index contributed by atoms with van der Waals surface area (Å²) in [4.78, 5) is 4.21. The molecule has 0 radical (unpaired) electrons. The van der Waals surface area contributed by atoms with E-state index < -0.39 is 17.0 Å². The number of aromatic nitrogens is 4. The van der Waals surface area contributed by atoms with Crippen LogP contribution in [-0.4, -0.2) is 19.3 Å². The summed E-state index contributed by atoms with van der Waals surface area (Å²) in [6.45, 7) is 2.79. The zero-order valence-electron chi connectivity index (χ0n) is 11.3. The van der Waals surface area contributed by atoms with Crippen LogP contribution in [0.25, 0.3) is 11.0 Å². The van der Waals surface area contributed by atoms with Gasteiger partial charge in [-0.1, -0.05) is 0 Å². The van der Waals surface area contributed by atoms with Gasteiger partial charge in [0.2, 0.25) is 0 Å². The van der Waals surface area contributed by atoms with Gasteiger partial charge in [-0.2, -0.15) is 5.10 Å². The summed E-state index contributed by atoms with van der Waals surface area (Å²) in [5, 5.41) is 3.70. The van der Waals surface area contributed by atoms with Gasteiger partial charge in [-0.05, 0) is 19.1 Å². The molecule has 0 saturated carbocycles. The van der Waals surface area contributed by atoms with Gasteiger partial charge in [-0.15, -0.1) is 11.6 Å². The number of hydrogen-bond donors (Lipinski definition) is 0. The number of nitrogens with zero attached hydrogens (tertiary/aromatic N) is 4. The first-order chi connectivity index (χ1) is 10.1. The van der Waals surface area contributed by atoms with E-state index in [0.717, 1.165) is 6.07 Å². The quantitative estimate of drug-likeness (QED) is 0.691. The molecule has 110 valence electrons. The summed E-state index contributed by atoms with van der Waals surface area (Å²) < 4.78 is 30.8. The first-order valence-corrected chi connectivity index (χ1v) is 6.96. The van der Waals surface area contributed by atoms with Gasteiger partial charge in [-0.25, -0.2) is 13.8 Å². The molecule has 1 aromatic carbocycles. The lowest BCUT2D eigenvalue weighted by Gasteiger charge is -2.10. The van der Waals surface area contributed by atoms with E-state index in [9.17, 15) is 8.78 Å². The van der Waals surface area contributed by atoms with Crippen molar-refractivity contribution in [2.45, 2.75) is 25.4 Å². The van der Waals surface area contributed by atoms with E-state index in [1.807, 2.05) is 12.3 Å². The molecule has 0 aliphatic rings. The highest BCUT2D eigenvalue weighted by atomic mass is 35.5. The lowest BCUT2D eigenvalue weighted by atomic mass is 10.3. The Labute approximate surface area is 125 Å². The fraction of sp³-hybridized carbons (Fsp3) is 0.286. The summed E-state index contributed by atoms with van der Waals surface area (Å²) in [5.74, 6) is -0.793. The Morgan fingerprint density at radius 3 is 2.76 bits per heavy atom. The van der Waals surface area contributed by atoms with E-state index in [-0.39, 0.29) is 5.52 Å². The SMILES string of the molecule is CC(Cl)c1nc2c(F)cc(F)cc2n1CCn1cccn1. The smallest absolute Gasteiger partial charge is 0.153 e. The first kappa shape index (κ1) is 14.0. The van der Waals surface area contributed by atoms with Gasteiger partial charge in [0.05, 0.1) is 17.4 Å². The zero-order chi connectivity index (χ0) is 15.0. The molecule has 0 amide bonds. The van der Waals surface area contributed by atoms with Crippen molar-refractivity contribution in [3.8, 4) is 0 Å². The molecule has 0 aliphatic carbocycles. The number of alkyl halides is 1. The van der Waals surface area contributed by atoms with E-state index >= 15 is 0 Å². The molecule has 0 spiro atoms. The van der Waals surface area contributed by atoms with Crippen LogP contribution in [0.3, 0.4) is 0 Å². The number of aryl methyl sites for hydroxylation is 2. The number of hydrogen-bond acceptors (Lipinski definition) is 2. The highest BCUT2D eigenvalue weighted by Gasteiger charge is 2.18. The van der Waals surface area contributed by atoms with Gasteiger partial charge in [0, 0.05) is 25.0 Å². The molecule has 0 aliphatic heterocycles. The summed E-state index contributed by atoms with van der Waals surface area (Å²) in [6, 6.07) is 3.92. The number of halogens is 3. The minimum Gasteiger partial charge on any atom is -0.325 e. The average molecular weight is 311 g/mol. The topological polar surface area (TPSA) is 35.6 Å². The molecule has 2 heterocycles. The van der Waals surface area contributed by atoms with Crippen LogP contribution in [-0.2, 0) is 13.1 Å². The predicted molar refractivity (Wildman–Crippen MR) is 76.1 cm³/mol. The lowest BCUT2D eigenvalue weighted by molar-refractivity contribution is 0.527. The third-order valence-electron chi connectivity index (χ3n) is 3.27. The molecule has 0 saturated heterocycles. The van der Waals surface area contributed by atoms with Crippen LogP contribution < -0.4 is 0 Å². The van der Waals surface area contributed by atoms with Gasteiger partial charge in [0.1, 0.15) is 17.2 Å². The highest BCUT2D eigenvalue weighted by molar-refractivity contribution is 6.20. The molecule has 7 heteroatoms. The van der Waals surface area contributed by atoms with E-state index in [4.69, 9.17) is 11.6 Å². The minimum absolute atomic E-state index is 0.138. The molecule has 21 heavy (non-hydrogen) atoms. The molecule has 2 aromatic heterocycles. The maximum Gasteiger partial charge on any atom is 0.153 e. The van der Waals surface area contributed by atoms with Crippen molar-refractivity contribution in [1.29, 1.82) is 0 Å². The van der Waals surface area contributed by atoms with Crippen molar-refractivity contribution >= 4 is 22.6 Å². The Kier molecular flexibility index (Phi) is 3.63. The maximum atomic E-state index is 13.8. The van der Waals surface area contributed by atoms with Crippen LogP contribution in [0.2, 0.25) is 0 Å². The Hall–Kier alpha value is -1.95.